The molecule has 2 aromatic carbocycles. The Bertz CT molecular complexity index is 589. The van der Waals surface area contributed by atoms with Gasteiger partial charge < -0.3 is 5.32 Å². The molecule has 0 bridgehead atoms. The monoisotopic (exact) mass is 333 g/mol. The second kappa shape index (κ2) is 9.54. The Balaban J connectivity index is 1.57. The third-order valence-corrected chi connectivity index (χ3v) is 4.68. The molecule has 22 heavy (non-hydrogen) atoms. The van der Waals surface area contributed by atoms with Gasteiger partial charge in [-0.25, -0.2) is 0 Å². The van der Waals surface area contributed by atoms with Crippen LogP contribution in [0.4, 0.5) is 0 Å². The number of nitrogens with one attached hydrogen (secondary N) is 1. The maximum absolute atomic E-state index is 11.8. The summed E-state index contributed by atoms with van der Waals surface area (Å²) >= 11 is 7.73. The van der Waals surface area contributed by atoms with Gasteiger partial charge >= 0.3 is 0 Å². The Morgan fingerprint density at radius 3 is 2.55 bits per heavy atom. The van der Waals surface area contributed by atoms with E-state index in [0.717, 1.165) is 24.2 Å². The van der Waals surface area contributed by atoms with Crippen LogP contribution >= 0.6 is 23.4 Å². The van der Waals surface area contributed by atoms with Gasteiger partial charge in [-0.1, -0.05) is 60.1 Å². The van der Waals surface area contributed by atoms with E-state index in [1.165, 1.54) is 5.56 Å². The van der Waals surface area contributed by atoms with Crippen LogP contribution in [0.3, 0.4) is 0 Å². The second-order valence-corrected chi connectivity index (χ2v) is 6.52. The Kier molecular flexibility index (Phi) is 7.34. The van der Waals surface area contributed by atoms with E-state index < -0.39 is 0 Å². The molecule has 0 fully saturated rings. The number of hydrogen-bond acceptors (Lipinski definition) is 2. The van der Waals surface area contributed by atoms with E-state index in [1.54, 1.807) is 11.8 Å². The molecule has 2 rings (SSSR count). The van der Waals surface area contributed by atoms with Crippen LogP contribution < -0.4 is 5.32 Å². The predicted octanol–water partition coefficient (Wildman–Crippen LogP) is 4.32. The Labute approximate surface area is 141 Å². The molecule has 0 heterocycles. The van der Waals surface area contributed by atoms with Crippen molar-refractivity contribution in [2.45, 2.75) is 19.4 Å². The zero-order valence-electron chi connectivity index (χ0n) is 12.4. The topological polar surface area (TPSA) is 29.1 Å². The Morgan fingerprint density at radius 2 is 1.77 bits per heavy atom. The van der Waals surface area contributed by atoms with E-state index in [4.69, 9.17) is 11.6 Å². The van der Waals surface area contributed by atoms with Gasteiger partial charge in [0.25, 0.3) is 0 Å². The maximum atomic E-state index is 11.8. The second-order valence-electron chi connectivity index (χ2n) is 5.01. The highest BCUT2D eigenvalue weighted by Gasteiger charge is 2.03. The number of rotatable bonds is 8. The summed E-state index contributed by atoms with van der Waals surface area (Å²) in [5.41, 5.74) is 2.30. The van der Waals surface area contributed by atoms with Crippen molar-refractivity contribution in [2.75, 3.05) is 11.5 Å². The summed E-state index contributed by atoms with van der Waals surface area (Å²) in [6.07, 6.45) is 2.15. The van der Waals surface area contributed by atoms with Crippen molar-refractivity contribution >= 4 is 29.3 Å². The van der Waals surface area contributed by atoms with Gasteiger partial charge in [0.05, 0.1) is 5.75 Å². The minimum absolute atomic E-state index is 0.0598. The lowest BCUT2D eigenvalue weighted by Gasteiger charge is -2.07. The quantitative estimate of drug-likeness (QED) is 0.729. The van der Waals surface area contributed by atoms with Gasteiger partial charge in [0.15, 0.2) is 0 Å². The van der Waals surface area contributed by atoms with E-state index in [-0.39, 0.29) is 5.91 Å². The highest BCUT2D eigenvalue weighted by Crippen LogP contribution is 2.14. The van der Waals surface area contributed by atoms with Gasteiger partial charge in [0, 0.05) is 11.6 Å². The molecule has 0 radical (unpaired) electrons. The summed E-state index contributed by atoms with van der Waals surface area (Å²) in [5.74, 6) is 1.55. The molecule has 0 aliphatic heterocycles. The molecule has 4 heteroatoms. The van der Waals surface area contributed by atoms with Crippen LogP contribution in [0.1, 0.15) is 17.5 Å². The molecule has 0 aliphatic rings. The fourth-order valence-electron chi connectivity index (χ4n) is 2.07. The van der Waals surface area contributed by atoms with Gasteiger partial charge in [-0.05, 0) is 35.8 Å². The predicted molar refractivity (Wildman–Crippen MR) is 95.4 cm³/mol. The normalized spacial score (nSPS) is 10.4. The van der Waals surface area contributed by atoms with Crippen LogP contribution in [0.5, 0.6) is 0 Å². The van der Waals surface area contributed by atoms with Crippen LogP contribution in [0, 0.1) is 0 Å². The lowest BCUT2D eigenvalue weighted by molar-refractivity contribution is -0.118. The highest BCUT2D eigenvalue weighted by molar-refractivity contribution is 7.99. The molecule has 0 saturated heterocycles. The standard InChI is InChI=1S/C18H20ClNOS/c19-17-11-5-4-10-16(17)13-20-18(21)14-22-12-6-9-15-7-2-1-3-8-15/h1-5,7-8,10-11H,6,9,12-14H2,(H,20,21). The Hall–Kier alpha value is -1.45. The van der Waals surface area contributed by atoms with Crippen molar-refractivity contribution in [3.8, 4) is 0 Å². The average Bonchev–Trinajstić information content (AvgIpc) is 2.55. The molecule has 2 aromatic rings. The molecule has 0 saturated carbocycles. The zero-order chi connectivity index (χ0) is 15.6. The van der Waals surface area contributed by atoms with Crippen LogP contribution in [0.2, 0.25) is 5.02 Å². The number of benzene rings is 2. The van der Waals surface area contributed by atoms with Crippen LogP contribution in [-0.4, -0.2) is 17.4 Å². The number of thioether (sulfide) groups is 1. The molecular weight excluding hydrogens is 314 g/mol. The SMILES string of the molecule is O=C(CSCCCc1ccccc1)NCc1ccccc1Cl. The van der Waals surface area contributed by atoms with Gasteiger partial charge in [-0.3, -0.25) is 4.79 Å². The minimum atomic E-state index is 0.0598. The molecular formula is C18H20ClNOS. The first kappa shape index (κ1) is 16.9. The molecule has 1 amide bonds. The lowest BCUT2D eigenvalue weighted by Crippen LogP contribution is -2.24. The number of aryl methyl sites for hydroxylation is 1. The van der Waals surface area contributed by atoms with Crippen molar-refractivity contribution in [3.05, 3.63) is 70.7 Å². The van der Waals surface area contributed by atoms with E-state index in [0.29, 0.717) is 17.3 Å². The van der Waals surface area contributed by atoms with Crippen molar-refractivity contribution in [1.82, 2.24) is 5.32 Å². The van der Waals surface area contributed by atoms with Crippen molar-refractivity contribution in [2.24, 2.45) is 0 Å². The molecule has 0 aliphatic carbocycles. The van der Waals surface area contributed by atoms with Gasteiger partial charge in [0.2, 0.25) is 5.91 Å². The van der Waals surface area contributed by atoms with E-state index >= 15 is 0 Å². The fraction of sp³-hybridized carbons (Fsp3) is 0.278. The number of carbonyl (C=O) groups is 1. The van der Waals surface area contributed by atoms with Gasteiger partial charge in [0.1, 0.15) is 0 Å². The van der Waals surface area contributed by atoms with Gasteiger partial charge in [-0.15, -0.1) is 0 Å². The first-order chi connectivity index (χ1) is 10.8. The summed E-state index contributed by atoms with van der Waals surface area (Å²) in [7, 11) is 0. The highest BCUT2D eigenvalue weighted by atomic mass is 35.5. The number of hydrogen-bond donors (Lipinski definition) is 1. The van der Waals surface area contributed by atoms with Gasteiger partial charge in [-0.2, -0.15) is 11.8 Å². The molecule has 1 N–H and O–H groups in total. The molecule has 0 spiro atoms. The zero-order valence-corrected chi connectivity index (χ0v) is 14.0. The van der Waals surface area contributed by atoms with E-state index in [2.05, 4.69) is 29.6 Å². The summed E-state index contributed by atoms with van der Waals surface area (Å²) in [5, 5.41) is 3.60. The number of amides is 1. The fourth-order valence-corrected chi connectivity index (χ4v) is 3.06. The smallest absolute Gasteiger partial charge is 0.230 e. The first-order valence-electron chi connectivity index (χ1n) is 7.37. The minimum Gasteiger partial charge on any atom is -0.351 e. The molecule has 0 aromatic heterocycles. The van der Waals surface area contributed by atoms with Crippen molar-refractivity contribution in [1.29, 1.82) is 0 Å². The van der Waals surface area contributed by atoms with E-state index in [9.17, 15) is 4.79 Å². The summed E-state index contributed by atoms with van der Waals surface area (Å²) in [6.45, 7) is 0.489. The first-order valence-corrected chi connectivity index (χ1v) is 8.91. The van der Waals surface area contributed by atoms with Crippen molar-refractivity contribution < 1.29 is 4.79 Å². The summed E-state index contributed by atoms with van der Waals surface area (Å²) in [4.78, 5) is 11.8. The van der Waals surface area contributed by atoms with Crippen LogP contribution in [-0.2, 0) is 17.8 Å². The molecule has 0 atom stereocenters. The van der Waals surface area contributed by atoms with Crippen molar-refractivity contribution in [3.63, 3.8) is 0 Å². The lowest BCUT2D eigenvalue weighted by atomic mass is 10.1. The molecule has 116 valence electrons. The van der Waals surface area contributed by atoms with Crippen LogP contribution in [0.15, 0.2) is 54.6 Å². The van der Waals surface area contributed by atoms with E-state index in [1.807, 2.05) is 30.3 Å². The Morgan fingerprint density at radius 1 is 1.05 bits per heavy atom. The summed E-state index contributed by atoms with van der Waals surface area (Å²) < 4.78 is 0. The molecule has 0 unspecified atom stereocenters. The number of carbonyl (C=O) groups excluding carboxylic acids is 1. The average molecular weight is 334 g/mol. The number of halogens is 1. The maximum Gasteiger partial charge on any atom is 0.230 e. The third kappa shape index (κ3) is 6.12. The third-order valence-electron chi connectivity index (χ3n) is 3.26. The largest absolute Gasteiger partial charge is 0.351 e. The van der Waals surface area contributed by atoms with Crippen LogP contribution in [0.25, 0.3) is 0 Å². The summed E-state index contributed by atoms with van der Waals surface area (Å²) in [6, 6.07) is 18.0. The molecule has 2 nitrogen and oxygen atoms in total.